The van der Waals surface area contributed by atoms with Crippen molar-refractivity contribution >= 4 is 23.5 Å². The maximum absolute atomic E-state index is 9.52. The summed E-state index contributed by atoms with van der Waals surface area (Å²) >= 11 is 2.96. The van der Waals surface area contributed by atoms with Gasteiger partial charge in [-0.2, -0.15) is 10.5 Å². The molecule has 1 aromatic carbocycles. The maximum atomic E-state index is 9.52. The zero-order chi connectivity index (χ0) is 37.2. The van der Waals surface area contributed by atoms with Gasteiger partial charge >= 0.3 is 0 Å². The summed E-state index contributed by atoms with van der Waals surface area (Å²) in [5.74, 6) is 1.68. The number of benzene rings is 1. The molecule has 0 amide bonds. The van der Waals surface area contributed by atoms with Gasteiger partial charge in [-0.05, 0) is 25.0 Å². The number of ether oxygens (including phenoxy) is 2. The largest absolute Gasteiger partial charge is 0.492 e. The fraction of sp³-hybridized carbons (Fsp3) is 0.783. The molecule has 0 radical (unpaired) electrons. The van der Waals surface area contributed by atoms with Crippen molar-refractivity contribution in [1.29, 1.82) is 10.5 Å². The van der Waals surface area contributed by atoms with Crippen molar-refractivity contribution in [3.05, 3.63) is 21.9 Å². The second-order valence-corrected chi connectivity index (χ2v) is 17.4. The third-order valence-corrected chi connectivity index (χ3v) is 13.0. The summed E-state index contributed by atoms with van der Waals surface area (Å²) in [6.45, 7) is 5.96. The van der Waals surface area contributed by atoms with Crippen LogP contribution < -0.4 is 9.47 Å². The predicted molar refractivity (Wildman–Crippen MR) is 226 cm³/mol. The highest BCUT2D eigenvalue weighted by Crippen LogP contribution is 2.58. The second-order valence-electron chi connectivity index (χ2n) is 15.1. The lowest BCUT2D eigenvalue weighted by Gasteiger charge is -2.14. The highest BCUT2D eigenvalue weighted by atomic mass is 32.2. The third kappa shape index (κ3) is 22.5. The van der Waals surface area contributed by atoms with Gasteiger partial charge in [0, 0.05) is 0 Å². The molecule has 4 nitrogen and oxygen atoms in total. The van der Waals surface area contributed by atoms with Gasteiger partial charge in [0.15, 0.2) is 0 Å². The molecule has 0 saturated carbocycles. The van der Waals surface area contributed by atoms with E-state index in [4.69, 9.17) is 9.47 Å². The Kier molecular flexibility index (Phi) is 30.1. The van der Waals surface area contributed by atoms with Gasteiger partial charge in [-0.3, -0.25) is 0 Å². The van der Waals surface area contributed by atoms with E-state index in [2.05, 4.69) is 26.0 Å². The highest BCUT2D eigenvalue weighted by molar-refractivity contribution is 8.24. The zero-order valence-electron chi connectivity index (χ0n) is 33.7. The number of fused-ring (bicyclic) bond motifs is 1. The van der Waals surface area contributed by atoms with Gasteiger partial charge in [-0.15, -0.1) is 0 Å². The van der Waals surface area contributed by atoms with Crippen LogP contribution in [-0.4, -0.2) is 13.2 Å². The van der Waals surface area contributed by atoms with E-state index in [0.717, 1.165) is 38.4 Å². The number of nitriles is 2. The Morgan fingerprint density at radius 1 is 0.423 bits per heavy atom. The third-order valence-electron chi connectivity index (χ3n) is 10.4. The van der Waals surface area contributed by atoms with E-state index >= 15 is 0 Å². The monoisotopic (exact) mass is 753 g/mol. The first-order valence-corrected chi connectivity index (χ1v) is 23.7. The van der Waals surface area contributed by atoms with Crippen molar-refractivity contribution in [2.75, 3.05) is 13.2 Å². The van der Waals surface area contributed by atoms with Crippen molar-refractivity contribution in [2.24, 2.45) is 0 Å². The molecule has 6 heteroatoms. The van der Waals surface area contributed by atoms with E-state index in [0.29, 0.717) is 13.2 Å². The molecule has 0 fully saturated rings. The smallest absolute Gasteiger partial charge is 0.150 e. The molecule has 0 spiro atoms. The van der Waals surface area contributed by atoms with Crippen LogP contribution in [0.1, 0.15) is 219 Å². The normalized spacial score (nSPS) is 12.1. The number of hydrogen-bond acceptors (Lipinski definition) is 6. The van der Waals surface area contributed by atoms with Crippen molar-refractivity contribution in [1.82, 2.24) is 0 Å². The topological polar surface area (TPSA) is 66.0 Å². The van der Waals surface area contributed by atoms with Gasteiger partial charge in [0.1, 0.15) is 29.2 Å². The van der Waals surface area contributed by atoms with E-state index in [9.17, 15) is 10.5 Å². The summed E-state index contributed by atoms with van der Waals surface area (Å²) in [5.41, 5.74) is 0.165. The Hall–Kier alpha value is -1.76. The molecule has 52 heavy (non-hydrogen) atoms. The molecule has 0 aromatic heterocycles. The molecule has 1 aliphatic rings. The van der Waals surface area contributed by atoms with Crippen LogP contribution in [0.3, 0.4) is 0 Å². The standard InChI is InChI=1S/C46H76N2O2S2/c1-3-5-7-9-11-13-15-17-19-21-23-25-27-29-31-33-37-49-42-35-36-43(45-44(42)51-46(52-45)41(39-47)40-48)50-38-34-32-30-28-26-24-22-20-18-16-14-12-10-8-6-4-2/h35-36H,3-34,37-38H2,1-2H3. The SMILES string of the molecule is CCCCCCCCCCCCCCCCCCOc1ccc(OCCCCCCCCCCCCCCCCCC)c2c1SC(=C(C#N)C#N)S2. The van der Waals surface area contributed by atoms with Crippen LogP contribution in [-0.2, 0) is 0 Å². The number of rotatable bonds is 36. The van der Waals surface area contributed by atoms with Crippen LogP contribution >= 0.6 is 23.5 Å². The average Bonchev–Trinajstić information content (AvgIpc) is 3.61. The van der Waals surface area contributed by atoms with Crippen LogP contribution in [0.25, 0.3) is 0 Å². The lowest BCUT2D eigenvalue weighted by molar-refractivity contribution is 0.284. The molecule has 1 aromatic rings. The molecule has 0 bridgehead atoms. The Balaban J connectivity index is 1.57. The number of unbranched alkanes of at least 4 members (excludes halogenated alkanes) is 30. The first-order chi connectivity index (χ1) is 25.7. The second kappa shape index (κ2) is 33.8. The summed E-state index contributed by atoms with van der Waals surface area (Å²) < 4.78 is 13.3. The molecule has 0 N–H and O–H groups in total. The highest BCUT2D eigenvalue weighted by Gasteiger charge is 2.28. The molecule has 1 aliphatic heterocycles. The lowest BCUT2D eigenvalue weighted by atomic mass is 10.0. The van der Waals surface area contributed by atoms with E-state index < -0.39 is 0 Å². The summed E-state index contributed by atoms with van der Waals surface area (Å²) in [4.78, 5) is 1.98. The van der Waals surface area contributed by atoms with Gasteiger partial charge in [-0.25, -0.2) is 0 Å². The summed E-state index contributed by atoms with van der Waals surface area (Å²) in [6, 6.07) is 8.17. The number of hydrogen-bond donors (Lipinski definition) is 0. The van der Waals surface area contributed by atoms with E-state index in [1.54, 1.807) is 0 Å². The van der Waals surface area contributed by atoms with Gasteiger partial charge in [-0.1, -0.05) is 230 Å². The molecule has 0 unspecified atom stereocenters. The summed E-state index contributed by atoms with van der Waals surface area (Å²) in [5, 5.41) is 19.0. The fourth-order valence-electron chi connectivity index (χ4n) is 7.04. The first kappa shape index (κ1) is 46.4. The molecule has 2 rings (SSSR count). The Morgan fingerprint density at radius 2 is 0.673 bits per heavy atom. The molecule has 0 atom stereocenters. The van der Waals surface area contributed by atoms with Crippen molar-refractivity contribution in [3.8, 4) is 23.6 Å². The van der Waals surface area contributed by atoms with Crippen LogP contribution in [0.5, 0.6) is 11.5 Å². The number of allylic oxidation sites excluding steroid dienone is 1. The molecule has 294 valence electrons. The van der Waals surface area contributed by atoms with Crippen LogP contribution in [0.2, 0.25) is 0 Å². The van der Waals surface area contributed by atoms with Crippen molar-refractivity contribution < 1.29 is 9.47 Å². The zero-order valence-corrected chi connectivity index (χ0v) is 35.4. The number of thioether (sulfide) groups is 2. The van der Waals surface area contributed by atoms with E-state index in [-0.39, 0.29) is 5.57 Å². The summed E-state index contributed by atoms with van der Waals surface area (Å²) in [6.07, 6.45) is 43.4. The van der Waals surface area contributed by atoms with Crippen LogP contribution in [0.4, 0.5) is 0 Å². The Morgan fingerprint density at radius 3 is 0.923 bits per heavy atom. The number of nitrogens with zero attached hydrogens (tertiary/aromatic N) is 2. The van der Waals surface area contributed by atoms with E-state index in [1.807, 2.05) is 12.1 Å². The predicted octanol–water partition coefficient (Wildman–Crippen LogP) is 16.4. The van der Waals surface area contributed by atoms with Crippen LogP contribution in [0.15, 0.2) is 31.7 Å². The molecule has 1 heterocycles. The average molecular weight is 753 g/mol. The quantitative estimate of drug-likeness (QED) is 0.0502. The molecule has 0 aliphatic carbocycles. The van der Waals surface area contributed by atoms with Gasteiger partial charge in [0.05, 0.1) is 27.2 Å². The molecule has 0 saturated heterocycles. The minimum atomic E-state index is 0.165. The van der Waals surface area contributed by atoms with Crippen molar-refractivity contribution in [3.63, 3.8) is 0 Å². The minimum Gasteiger partial charge on any atom is -0.492 e. The van der Waals surface area contributed by atoms with Gasteiger partial charge in [0.2, 0.25) is 0 Å². The van der Waals surface area contributed by atoms with Gasteiger partial charge in [0.25, 0.3) is 0 Å². The molecular formula is C46H76N2O2S2. The van der Waals surface area contributed by atoms with Gasteiger partial charge < -0.3 is 9.47 Å². The minimum absolute atomic E-state index is 0.165. The van der Waals surface area contributed by atoms with Crippen LogP contribution in [0, 0.1) is 22.7 Å². The lowest BCUT2D eigenvalue weighted by Crippen LogP contribution is -2.01. The van der Waals surface area contributed by atoms with E-state index in [1.165, 1.54) is 216 Å². The Labute approximate surface area is 330 Å². The maximum Gasteiger partial charge on any atom is 0.150 e. The molecular weight excluding hydrogens is 677 g/mol. The summed E-state index contributed by atoms with van der Waals surface area (Å²) in [7, 11) is 0. The fourth-order valence-corrected chi connectivity index (χ4v) is 9.55. The van der Waals surface area contributed by atoms with Crippen molar-refractivity contribution in [2.45, 2.75) is 229 Å². The Bertz CT molecular complexity index is 1050. The first-order valence-electron chi connectivity index (χ1n) is 22.1.